The Balaban J connectivity index is 1.77. The number of H-pyrrole nitrogens is 1. The maximum atomic E-state index is 6.03. The molecule has 0 saturated carbocycles. The number of thiophene rings is 1. The Morgan fingerprint density at radius 2 is 1.85 bits per heavy atom. The van der Waals surface area contributed by atoms with Crippen LogP contribution < -0.4 is 0 Å². The van der Waals surface area contributed by atoms with Crippen molar-refractivity contribution in [2.24, 2.45) is 0 Å². The van der Waals surface area contributed by atoms with E-state index in [2.05, 4.69) is 40.1 Å². The maximum absolute atomic E-state index is 6.03. The van der Waals surface area contributed by atoms with Crippen LogP contribution in [0.4, 0.5) is 0 Å². The minimum absolute atomic E-state index is 0.760. The van der Waals surface area contributed by atoms with Gasteiger partial charge in [-0.1, -0.05) is 30.7 Å². The number of hydrogen-bond acceptors (Lipinski definition) is 3. The molecule has 0 aliphatic carbocycles. The first kappa shape index (κ1) is 17.0. The van der Waals surface area contributed by atoms with E-state index in [0.717, 1.165) is 29.4 Å². The second kappa shape index (κ2) is 7.44. The number of aromatic amines is 1. The van der Waals surface area contributed by atoms with E-state index < -0.39 is 0 Å². The van der Waals surface area contributed by atoms with Crippen molar-refractivity contribution in [2.45, 2.75) is 19.8 Å². The Hall–Kier alpha value is -2.43. The van der Waals surface area contributed by atoms with E-state index in [0.29, 0.717) is 0 Å². The molecule has 3 heterocycles. The van der Waals surface area contributed by atoms with Crippen molar-refractivity contribution >= 4 is 22.9 Å². The van der Waals surface area contributed by atoms with Crippen LogP contribution in [0, 0.1) is 0 Å². The number of aryl methyl sites for hydroxylation is 1. The fourth-order valence-electron chi connectivity index (χ4n) is 2.90. The highest BCUT2D eigenvalue weighted by Crippen LogP contribution is 2.38. The second-order valence-corrected chi connectivity index (χ2v) is 7.60. The lowest BCUT2D eigenvalue weighted by molar-refractivity contribution is 1.06. The first-order valence-electron chi connectivity index (χ1n) is 8.54. The molecule has 4 rings (SSSR count). The molecular weight excluding hydrogens is 362 g/mol. The van der Waals surface area contributed by atoms with E-state index in [1.165, 1.54) is 26.4 Å². The lowest BCUT2D eigenvalue weighted by atomic mass is 10.0. The minimum atomic E-state index is 0.760. The predicted molar refractivity (Wildman–Crippen MR) is 109 cm³/mol. The van der Waals surface area contributed by atoms with E-state index >= 15 is 0 Å². The van der Waals surface area contributed by atoms with E-state index in [9.17, 15) is 0 Å². The summed E-state index contributed by atoms with van der Waals surface area (Å²) in [4.78, 5) is 14.6. The van der Waals surface area contributed by atoms with Crippen molar-refractivity contribution in [3.8, 4) is 21.1 Å². The van der Waals surface area contributed by atoms with Crippen LogP contribution in [-0.4, -0.2) is 15.0 Å². The number of nitrogens with zero attached hydrogens (tertiary/aromatic N) is 2. The standard InChI is InChI=1S/C21H18ClN3S/c1-2-18-13-24-21(25-18)20-16(11-14-3-5-17(22)6-4-14)12-19(26-20)15-7-9-23-10-8-15/h3-10,12-13H,2,11H2,1H3,(H,24,25). The molecule has 0 amide bonds. The van der Waals surface area contributed by atoms with Gasteiger partial charge in [0, 0.05) is 34.2 Å². The topological polar surface area (TPSA) is 41.6 Å². The van der Waals surface area contributed by atoms with Gasteiger partial charge in [0.2, 0.25) is 0 Å². The van der Waals surface area contributed by atoms with Gasteiger partial charge < -0.3 is 4.98 Å². The van der Waals surface area contributed by atoms with Gasteiger partial charge in [-0.05, 0) is 59.9 Å². The zero-order valence-electron chi connectivity index (χ0n) is 14.4. The molecule has 0 fully saturated rings. The fourth-order valence-corrected chi connectivity index (χ4v) is 4.16. The van der Waals surface area contributed by atoms with Crippen LogP contribution in [0.5, 0.6) is 0 Å². The third-order valence-corrected chi connectivity index (χ3v) is 5.79. The highest BCUT2D eigenvalue weighted by atomic mass is 35.5. The Labute approximate surface area is 161 Å². The SMILES string of the molecule is CCc1cnc(-c2sc(-c3ccncc3)cc2Cc2ccc(Cl)cc2)[nH]1. The Morgan fingerprint density at radius 1 is 1.08 bits per heavy atom. The highest BCUT2D eigenvalue weighted by Gasteiger charge is 2.15. The van der Waals surface area contributed by atoms with Crippen LogP contribution in [0.15, 0.2) is 61.1 Å². The van der Waals surface area contributed by atoms with Crippen molar-refractivity contribution in [3.63, 3.8) is 0 Å². The molecule has 4 aromatic rings. The van der Waals surface area contributed by atoms with Gasteiger partial charge in [-0.15, -0.1) is 11.3 Å². The number of pyridine rings is 1. The number of nitrogens with one attached hydrogen (secondary N) is 1. The third-order valence-electron chi connectivity index (χ3n) is 4.31. The zero-order chi connectivity index (χ0) is 17.9. The number of benzene rings is 1. The molecule has 0 bridgehead atoms. The highest BCUT2D eigenvalue weighted by molar-refractivity contribution is 7.19. The molecule has 3 aromatic heterocycles. The number of rotatable bonds is 5. The normalized spacial score (nSPS) is 11.0. The van der Waals surface area contributed by atoms with Gasteiger partial charge in [0.05, 0.1) is 4.88 Å². The van der Waals surface area contributed by atoms with Crippen LogP contribution in [0.3, 0.4) is 0 Å². The molecule has 130 valence electrons. The Bertz CT molecular complexity index is 1000. The number of imidazole rings is 1. The smallest absolute Gasteiger partial charge is 0.147 e. The summed E-state index contributed by atoms with van der Waals surface area (Å²) in [6, 6.07) is 14.4. The quantitative estimate of drug-likeness (QED) is 0.461. The average Bonchev–Trinajstić information content (AvgIpc) is 3.31. The van der Waals surface area contributed by atoms with Gasteiger partial charge in [-0.25, -0.2) is 4.98 Å². The Morgan fingerprint density at radius 3 is 2.54 bits per heavy atom. The van der Waals surface area contributed by atoms with Crippen LogP contribution in [0.2, 0.25) is 5.02 Å². The molecule has 0 radical (unpaired) electrons. The first-order valence-corrected chi connectivity index (χ1v) is 9.74. The molecule has 1 N–H and O–H groups in total. The molecule has 0 atom stereocenters. The van der Waals surface area contributed by atoms with Crippen molar-refractivity contribution < 1.29 is 0 Å². The lowest BCUT2D eigenvalue weighted by Gasteiger charge is -2.03. The summed E-state index contributed by atoms with van der Waals surface area (Å²) in [5.74, 6) is 0.941. The summed E-state index contributed by atoms with van der Waals surface area (Å²) in [6.07, 6.45) is 7.37. The maximum Gasteiger partial charge on any atom is 0.147 e. The first-order chi connectivity index (χ1) is 12.7. The average molecular weight is 380 g/mol. The van der Waals surface area contributed by atoms with Crippen LogP contribution in [-0.2, 0) is 12.8 Å². The van der Waals surface area contributed by atoms with Crippen LogP contribution in [0.1, 0.15) is 23.7 Å². The van der Waals surface area contributed by atoms with E-state index in [1.54, 1.807) is 11.3 Å². The zero-order valence-corrected chi connectivity index (χ0v) is 15.9. The molecule has 26 heavy (non-hydrogen) atoms. The number of halogens is 1. The molecule has 3 nitrogen and oxygen atoms in total. The molecule has 0 unspecified atom stereocenters. The van der Waals surface area contributed by atoms with Crippen molar-refractivity contribution in [2.75, 3.05) is 0 Å². The van der Waals surface area contributed by atoms with Crippen LogP contribution in [0.25, 0.3) is 21.1 Å². The molecule has 0 spiro atoms. The largest absolute Gasteiger partial charge is 0.341 e. The number of hydrogen-bond donors (Lipinski definition) is 1. The summed E-state index contributed by atoms with van der Waals surface area (Å²) in [5.41, 5.74) is 4.82. The minimum Gasteiger partial charge on any atom is -0.341 e. The van der Waals surface area contributed by atoms with E-state index in [4.69, 9.17) is 11.6 Å². The van der Waals surface area contributed by atoms with Gasteiger partial charge in [0.25, 0.3) is 0 Å². The molecule has 0 aliphatic heterocycles. The molecule has 5 heteroatoms. The van der Waals surface area contributed by atoms with Gasteiger partial charge in [0.1, 0.15) is 5.82 Å². The summed E-state index contributed by atoms with van der Waals surface area (Å²) < 4.78 is 0. The Kier molecular flexibility index (Phi) is 4.87. The third kappa shape index (κ3) is 3.57. The molecule has 0 saturated heterocycles. The van der Waals surface area contributed by atoms with Gasteiger partial charge in [0.15, 0.2) is 0 Å². The van der Waals surface area contributed by atoms with Crippen molar-refractivity contribution in [3.05, 3.63) is 82.9 Å². The van der Waals surface area contributed by atoms with Crippen molar-refractivity contribution in [1.29, 1.82) is 0 Å². The van der Waals surface area contributed by atoms with Gasteiger partial charge in [-0.2, -0.15) is 0 Å². The second-order valence-electron chi connectivity index (χ2n) is 6.11. The van der Waals surface area contributed by atoms with E-state index in [1.807, 2.05) is 42.9 Å². The van der Waals surface area contributed by atoms with Gasteiger partial charge >= 0.3 is 0 Å². The molecule has 1 aromatic carbocycles. The van der Waals surface area contributed by atoms with Gasteiger partial charge in [-0.3, -0.25) is 4.98 Å². The summed E-state index contributed by atoms with van der Waals surface area (Å²) >= 11 is 7.79. The fraction of sp³-hybridized carbons (Fsp3) is 0.143. The molecule has 0 aliphatic rings. The van der Waals surface area contributed by atoms with Crippen LogP contribution >= 0.6 is 22.9 Å². The summed E-state index contributed by atoms with van der Waals surface area (Å²) in [5, 5.41) is 0.760. The summed E-state index contributed by atoms with van der Waals surface area (Å²) in [6.45, 7) is 2.13. The van der Waals surface area contributed by atoms with Crippen molar-refractivity contribution in [1.82, 2.24) is 15.0 Å². The predicted octanol–water partition coefficient (Wildman–Crippen LogP) is 6.01. The number of aromatic nitrogens is 3. The monoisotopic (exact) mass is 379 g/mol. The van der Waals surface area contributed by atoms with E-state index in [-0.39, 0.29) is 0 Å². The lowest BCUT2D eigenvalue weighted by Crippen LogP contribution is -1.89. The molecular formula is C21H18ClN3S. The summed E-state index contributed by atoms with van der Waals surface area (Å²) in [7, 11) is 0.